The molecule has 3 aromatic rings. The molecule has 194 valence electrons. The summed E-state index contributed by atoms with van der Waals surface area (Å²) in [4.78, 5) is 34.2. The number of nitrogens with zero attached hydrogens (tertiary/aromatic N) is 3. The highest BCUT2D eigenvalue weighted by molar-refractivity contribution is 5.92. The van der Waals surface area contributed by atoms with Gasteiger partial charge in [-0.1, -0.05) is 18.2 Å². The first-order valence-electron chi connectivity index (χ1n) is 12.1. The van der Waals surface area contributed by atoms with Crippen LogP contribution in [0.4, 0.5) is 16.4 Å². The number of anilines is 2. The smallest absolute Gasteiger partial charge is 0.407 e. The average molecular weight is 506 g/mol. The number of carbonyl (C=O) groups excluding carboxylic acids is 1. The molecule has 1 fully saturated rings. The molecule has 2 amide bonds. The number of nitrogens with one attached hydrogen (secondary N) is 2. The molecule has 0 spiro atoms. The molecule has 1 saturated heterocycles. The van der Waals surface area contributed by atoms with E-state index in [1.54, 1.807) is 26.5 Å². The first-order valence-corrected chi connectivity index (χ1v) is 12.1. The lowest BCUT2D eigenvalue weighted by molar-refractivity contribution is -0.117. The molecular formula is C27H31N5O5. The summed E-state index contributed by atoms with van der Waals surface area (Å²) in [6.07, 6.45) is 3.07. The zero-order chi connectivity index (χ0) is 26.2. The molecule has 1 atom stereocenters. The van der Waals surface area contributed by atoms with Crippen molar-refractivity contribution in [2.24, 2.45) is 0 Å². The molecule has 3 N–H and O–H groups in total. The Morgan fingerprint density at radius 1 is 1.11 bits per heavy atom. The molecule has 2 aromatic carbocycles. The number of hydrogen-bond acceptors (Lipinski definition) is 7. The zero-order valence-electron chi connectivity index (χ0n) is 20.9. The molecule has 1 aliphatic rings. The van der Waals surface area contributed by atoms with Gasteiger partial charge >= 0.3 is 6.09 Å². The van der Waals surface area contributed by atoms with Crippen LogP contribution in [0.3, 0.4) is 0 Å². The summed E-state index contributed by atoms with van der Waals surface area (Å²) >= 11 is 0. The minimum atomic E-state index is -0.978. The number of carbonyl (C=O) groups is 2. The second-order valence-corrected chi connectivity index (χ2v) is 8.74. The molecule has 1 unspecified atom stereocenters. The summed E-state index contributed by atoms with van der Waals surface area (Å²) in [5.41, 5.74) is 3.27. The van der Waals surface area contributed by atoms with E-state index in [1.165, 1.54) is 4.90 Å². The zero-order valence-corrected chi connectivity index (χ0v) is 20.9. The topological polar surface area (TPSA) is 126 Å². The Hall–Kier alpha value is -4.34. The van der Waals surface area contributed by atoms with Crippen LogP contribution in [0.5, 0.6) is 11.5 Å². The minimum absolute atomic E-state index is 0.137. The van der Waals surface area contributed by atoms with Gasteiger partial charge in [-0.2, -0.15) is 0 Å². The summed E-state index contributed by atoms with van der Waals surface area (Å²) in [6.45, 7) is 1.10. The Bertz CT molecular complexity index is 1250. The van der Waals surface area contributed by atoms with Crippen LogP contribution in [0.15, 0.2) is 54.7 Å². The third-order valence-electron chi connectivity index (χ3n) is 6.29. The Labute approximate surface area is 215 Å². The molecule has 2 heterocycles. The number of rotatable bonds is 10. The van der Waals surface area contributed by atoms with Crippen LogP contribution in [0.2, 0.25) is 0 Å². The van der Waals surface area contributed by atoms with Crippen molar-refractivity contribution < 1.29 is 24.2 Å². The second kappa shape index (κ2) is 12.1. The predicted molar refractivity (Wildman–Crippen MR) is 140 cm³/mol. The monoisotopic (exact) mass is 505 g/mol. The van der Waals surface area contributed by atoms with Crippen molar-refractivity contribution in [2.75, 3.05) is 37.9 Å². The van der Waals surface area contributed by atoms with Crippen LogP contribution < -0.4 is 20.1 Å². The van der Waals surface area contributed by atoms with Crippen LogP contribution in [0.25, 0.3) is 11.3 Å². The van der Waals surface area contributed by atoms with Gasteiger partial charge < -0.3 is 30.1 Å². The summed E-state index contributed by atoms with van der Waals surface area (Å²) in [6, 6.07) is 14.7. The van der Waals surface area contributed by atoms with Gasteiger partial charge in [-0.3, -0.25) is 4.79 Å². The van der Waals surface area contributed by atoms with Gasteiger partial charge in [0.05, 0.1) is 19.9 Å². The van der Waals surface area contributed by atoms with Crippen molar-refractivity contribution in [3.8, 4) is 22.8 Å². The van der Waals surface area contributed by atoms with E-state index >= 15 is 0 Å². The highest BCUT2D eigenvalue weighted by Crippen LogP contribution is 2.28. The van der Waals surface area contributed by atoms with Gasteiger partial charge in [-0.05, 0) is 55.2 Å². The molecular weight excluding hydrogens is 474 g/mol. The number of benzene rings is 2. The van der Waals surface area contributed by atoms with E-state index in [-0.39, 0.29) is 18.4 Å². The number of aromatic nitrogens is 2. The standard InChI is InChI=1S/C27H31N5O5/c1-36-23-9-8-18(15-24(23)37-2)10-12-28-26-29-13-11-22(31-26)19-5-3-6-20(16-19)30-25(33)17-21-7-4-14-32(21)27(34)35/h3,5-6,8-9,11,13,15-16,21H,4,7,10,12,14,17H2,1-2H3,(H,30,33)(H,34,35)(H,28,29,31). The van der Waals surface area contributed by atoms with Gasteiger partial charge in [0, 0.05) is 43.0 Å². The van der Waals surface area contributed by atoms with E-state index in [9.17, 15) is 14.7 Å². The number of amides is 2. The lowest BCUT2D eigenvalue weighted by atomic mass is 10.1. The lowest BCUT2D eigenvalue weighted by Gasteiger charge is -2.20. The van der Waals surface area contributed by atoms with Gasteiger partial charge in [0.15, 0.2) is 11.5 Å². The van der Waals surface area contributed by atoms with Crippen molar-refractivity contribution in [3.05, 3.63) is 60.3 Å². The Morgan fingerprint density at radius 2 is 1.95 bits per heavy atom. The number of ether oxygens (including phenoxy) is 2. The first-order chi connectivity index (χ1) is 18.0. The van der Waals surface area contributed by atoms with Crippen molar-refractivity contribution in [1.29, 1.82) is 0 Å². The first kappa shape index (κ1) is 25.7. The maximum Gasteiger partial charge on any atom is 0.407 e. The minimum Gasteiger partial charge on any atom is -0.493 e. The van der Waals surface area contributed by atoms with Gasteiger partial charge in [0.1, 0.15) is 0 Å². The number of carboxylic acid groups (broad SMARTS) is 1. The molecule has 10 nitrogen and oxygen atoms in total. The van der Waals surface area contributed by atoms with Crippen molar-refractivity contribution in [2.45, 2.75) is 31.7 Å². The second-order valence-electron chi connectivity index (χ2n) is 8.74. The maximum absolute atomic E-state index is 12.6. The summed E-state index contributed by atoms with van der Waals surface area (Å²) < 4.78 is 10.6. The van der Waals surface area contributed by atoms with E-state index in [1.807, 2.05) is 42.5 Å². The van der Waals surface area contributed by atoms with Gasteiger partial charge in [-0.25, -0.2) is 14.8 Å². The van der Waals surface area contributed by atoms with Crippen LogP contribution in [-0.4, -0.2) is 65.3 Å². The van der Waals surface area contributed by atoms with Crippen molar-refractivity contribution in [3.63, 3.8) is 0 Å². The van der Waals surface area contributed by atoms with Gasteiger partial charge in [0.2, 0.25) is 11.9 Å². The average Bonchev–Trinajstić information content (AvgIpc) is 3.37. The molecule has 1 aromatic heterocycles. The quantitative estimate of drug-likeness (QED) is 0.373. The highest BCUT2D eigenvalue weighted by Gasteiger charge is 2.30. The maximum atomic E-state index is 12.6. The summed E-state index contributed by atoms with van der Waals surface area (Å²) in [7, 11) is 3.22. The normalized spacial score (nSPS) is 14.8. The van der Waals surface area contributed by atoms with Crippen molar-refractivity contribution in [1.82, 2.24) is 14.9 Å². The molecule has 37 heavy (non-hydrogen) atoms. The number of hydrogen-bond donors (Lipinski definition) is 3. The van der Waals surface area contributed by atoms with Crippen LogP contribution in [0, 0.1) is 0 Å². The third-order valence-corrected chi connectivity index (χ3v) is 6.29. The Balaban J connectivity index is 1.35. The fourth-order valence-electron chi connectivity index (χ4n) is 4.44. The molecule has 1 aliphatic heterocycles. The number of likely N-dealkylation sites (tertiary alicyclic amines) is 1. The van der Waals surface area contributed by atoms with Crippen LogP contribution in [0.1, 0.15) is 24.8 Å². The summed E-state index contributed by atoms with van der Waals surface area (Å²) in [5.74, 6) is 1.67. The van der Waals surface area contributed by atoms with E-state index in [0.29, 0.717) is 48.3 Å². The van der Waals surface area contributed by atoms with Gasteiger partial charge in [0.25, 0.3) is 0 Å². The fourth-order valence-corrected chi connectivity index (χ4v) is 4.44. The highest BCUT2D eigenvalue weighted by atomic mass is 16.5. The van der Waals surface area contributed by atoms with Crippen molar-refractivity contribution >= 4 is 23.6 Å². The van der Waals surface area contributed by atoms with E-state index in [0.717, 1.165) is 24.0 Å². The molecule has 4 rings (SSSR count). The molecule has 0 radical (unpaired) electrons. The van der Waals surface area contributed by atoms with Crippen LogP contribution >= 0.6 is 0 Å². The summed E-state index contributed by atoms with van der Waals surface area (Å²) in [5, 5.41) is 15.4. The van der Waals surface area contributed by atoms with E-state index in [4.69, 9.17) is 9.47 Å². The lowest BCUT2D eigenvalue weighted by Crippen LogP contribution is -2.36. The fraction of sp³-hybridized carbons (Fsp3) is 0.333. The van der Waals surface area contributed by atoms with E-state index in [2.05, 4.69) is 20.6 Å². The SMILES string of the molecule is COc1ccc(CCNc2nccc(-c3cccc(NC(=O)CC4CCCN4C(=O)O)c3)n2)cc1OC. The Kier molecular flexibility index (Phi) is 8.40. The molecule has 0 saturated carbocycles. The molecule has 0 aliphatic carbocycles. The molecule has 10 heteroatoms. The predicted octanol–water partition coefficient (Wildman–Crippen LogP) is 4.29. The third kappa shape index (κ3) is 6.66. The Morgan fingerprint density at radius 3 is 2.73 bits per heavy atom. The van der Waals surface area contributed by atoms with E-state index < -0.39 is 6.09 Å². The number of methoxy groups -OCH3 is 2. The van der Waals surface area contributed by atoms with Gasteiger partial charge in [-0.15, -0.1) is 0 Å². The van der Waals surface area contributed by atoms with Crippen LogP contribution in [-0.2, 0) is 11.2 Å². The largest absolute Gasteiger partial charge is 0.493 e. The molecule has 0 bridgehead atoms.